The number of fused-ring (bicyclic) bond motifs is 1. The van der Waals surface area contributed by atoms with Crippen molar-refractivity contribution < 1.29 is 14.7 Å². The Balaban J connectivity index is 2.10. The summed E-state index contributed by atoms with van der Waals surface area (Å²) < 4.78 is 0. The Kier molecular flexibility index (Phi) is 4.27. The van der Waals surface area contributed by atoms with Crippen molar-refractivity contribution >= 4 is 12.0 Å². The standard InChI is InChI=1S/C15H20N2O3/c1-10(2)8-16-15(20)17-7-6-12-11(9-17)4-3-5-13(12)14(18)19/h3-5,10H,6-9H2,1-2H3,(H,16,20)(H,18,19). The molecule has 5 heteroatoms. The Bertz CT molecular complexity index is 526. The molecule has 0 radical (unpaired) electrons. The summed E-state index contributed by atoms with van der Waals surface area (Å²) in [6, 6.07) is 5.17. The number of aromatic carboxylic acids is 1. The van der Waals surface area contributed by atoms with Crippen molar-refractivity contribution in [1.82, 2.24) is 10.2 Å². The highest BCUT2D eigenvalue weighted by molar-refractivity contribution is 5.90. The molecule has 0 saturated heterocycles. The molecule has 0 atom stereocenters. The summed E-state index contributed by atoms with van der Waals surface area (Å²) >= 11 is 0. The molecule has 1 aromatic carbocycles. The van der Waals surface area contributed by atoms with E-state index in [9.17, 15) is 9.59 Å². The topological polar surface area (TPSA) is 69.6 Å². The summed E-state index contributed by atoms with van der Waals surface area (Å²) in [6.07, 6.45) is 0.590. The van der Waals surface area contributed by atoms with Crippen LogP contribution in [-0.2, 0) is 13.0 Å². The van der Waals surface area contributed by atoms with Crippen molar-refractivity contribution in [1.29, 1.82) is 0 Å². The van der Waals surface area contributed by atoms with E-state index in [2.05, 4.69) is 5.32 Å². The fraction of sp³-hybridized carbons (Fsp3) is 0.467. The van der Waals surface area contributed by atoms with Gasteiger partial charge in [0.25, 0.3) is 0 Å². The average molecular weight is 276 g/mol. The molecular formula is C15H20N2O3. The molecule has 0 bridgehead atoms. The van der Waals surface area contributed by atoms with E-state index in [-0.39, 0.29) is 6.03 Å². The van der Waals surface area contributed by atoms with Gasteiger partial charge in [0, 0.05) is 19.6 Å². The number of urea groups is 1. The van der Waals surface area contributed by atoms with Gasteiger partial charge in [0.15, 0.2) is 0 Å². The lowest BCUT2D eigenvalue weighted by Gasteiger charge is -2.30. The lowest BCUT2D eigenvalue weighted by molar-refractivity contribution is 0.0695. The Morgan fingerprint density at radius 3 is 2.80 bits per heavy atom. The van der Waals surface area contributed by atoms with Crippen molar-refractivity contribution in [2.45, 2.75) is 26.8 Å². The van der Waals surface area contributed by atoms with Crippen LogP contribution in [0.1, 0.15) is 35.3 Å². The number of carbonyl (C=O) groups excluding carboxylic acids is 1. The lowest BCUT2D eigenvalue weighted by Crippen LogP contribution is -2.44. The van der Waals surface area contributed by atoms with Crippen LogP contribution in [0.15, 0.2) is 18.2 Å². The fourth-order valence-electron chi connectivity index (χ4n) is 2.39. The van der Waals surface area contributed by atoms with Crippen LogP contribution in [0.2, 0.25) is 0 Å². The maximum atomic E-state index is 12.0. The van der Waals surface area contributed by atoms with Gasteiger partial charge in [0.2, 0.25) is 0 Å². The van der Waals surface area contributed by atoms with Crippen LogP contribution >= 0.6 is 0 Å². The van der Waals surface area contributed by atoms with Gasteiger partial charge in [-0.2, -0.15) is 0 Å². The highest BCUT2D eigenvalue weighted by Gasteiger charge is 2.23. The summed E-state index contributed by atoms with van der Waals surface area (Å²) in [6.45, 7) is 5.77. The first kappa shape index (κ1) is 14.4. The molecule has 0 spiro atoms. The maximum Gasteiger partial charge on any atom is 0.335 e. The molecule has 1 aliphatic heterocycles. The van der Waals surface area contributed by atoms with Crippen LogP contribution in [0.4, 0.5) is 4.79 Å². The van der Waals surface area contributed by atoms with E-state index in [0.29, 0.717) is 37.5 Å². The van der Waals surface area contributed by atoms with Crippen LogP contribution in [0.5, 0.6) is 0 Å². The van der Waals surface area contributed by atoms with Gasteiger partial charge in [0.1, 0.15) is 0 Å². The van der Waals surface area contributed by atoms with Gasteiger partial charge in [-0.3, -0.25) is 0 Å². The van der Waals surface area contributed by atoms with Gasteiger partial charge in [-0.15, -0.1) is 0 Å². The van der Waals surface area contributed by atoms with Gasteiger partial charge in [-0.05, 0) is 29.5 Å². The molecule has 2 N–H and O–H groups in total. The Morgan fingerprint density at radius 1 is 1.40 bits per heavy atom. The van der Waals surface area contributed by atoms with Crippen LogP contribution in [0, 0.1) is 5.92 Å². The zero-order valence-corrected chi connectivity index (χ0v) is 11.8. The summed E-state index contributed by atoms with van der Waals surface area (Å²) in [4.78, 5) is 24.9. The molecule has 0 aromatic heterocycles. The molecule has 1 heterocycles. The van der Waals surface area contributed by atoms with Crippen LogP contribution in [0.25, 0.3) is 0 Å². The predicted molar refractivity (Wildman–Crippen MR) is 75.8 cm³/mol. The normalized spacial score (nSPS) is 14.1. The second-order valence-corrected chi connectivity index (χ2v) is 5.50. The number of carboxylic acids is 1. The van der Waals surface area contributed by atoms with Crippen LogP contribution in [0.3, 0.4) is 0 Å². The number of hydrogen-bond donors (Lipinski definition) is 2. The molecule has 1 aliphatic rings. The Hall–Kier alpha value is -2.04. The summed E-state index contributed by atoms with van der Waals surface area (Å²) in [7, 11) is 0. The average Bonchev–Trinajstić information content (AvgIpc) is 2.43. The van der Waals surface area contributed by atoms with Crippen molar-refractivity contribution in [3.63, 3.8) is 0 Å². The zero-order valence-electron chi connectivity index (χ0n) is 11.8. The molecular weight excluding hydrogens is 256 g/mol. The molecule has 5 nitrogen and oxygen atoms in total. The maximum absolute atomic E-state index is 12.0. The summed E-state index contributed by atoms with van der Waals surface area (Å²) in [5.41, 5.74) is 2.13. The molecule has 108 valence electrons. The van der Waals surface area contributed by atoms with Crippen LogP contribution < -0.4 is 5.32 Å². The van der Waals surface area contributed by atoms with Gasteiger partial charge >= 0.3 is 12.0 Å². The van der Waals surface area contributed by atoms with Crippen molar-refractivity contribution in [3.05, 3.63) is 34.9 Å². The molecule has 0 unspecified atom stereocenters. The van der Waals surface area contributed by atoms with Gasteiger partial charge in [-0.25, -0.2) is 9.59 Å². The number of benzene rings is 1. The van der Waals surface area contributed by atoms with E-state index in [1.165, 1.54) is 0 Å². The molecule has 20 heavy (non-hydrogen) atoms. The molecule has 2 amide bonds. The van der Waals surface area contributed by atoms with E-state index < -0.39 is 5.97 Å². The van der Waals surface area contributed by atoms with E-state index in [1.807, 2.05) is 19.9 Å². The molecule has 0 saturated carbocycles. The Morgan fingerprint density at radius 2 is 2.15 bits per heavy atom. The Labute approximate surface area is 118 Å². The molecule has 2 rings (SSSR count). The minimum atomic E-state index is -0.903. The largest absolute Gasteiger partial charge is 0.478 e. The minimum absolute atomic E-state index is 0.0786. The fourth-order valence-corrected chi connectivity index (χ4v) is 2.39. The monoisotopic (exact) mass is 276 g/mol. The number of rotatable bonds is 3. The number of amides is 2. The number of nitrogens with one attached hydrogen (secondary N) is 1. The van der Waals surface area contributed by atoms with Crippen molar-refractivity contribution in [2.75, 3.05) is 13.1 Å². The number of hydrogen-bond acceptors (Lipinski definition) is 2. The van der Waals surface area contributed by atoms with Crippen molar-refractivity contribution in [3.8, 4) is 0 Å². The minimum Gasteiger partial charge on any atom is -0.478 e. The predicted octanol–water partition coefficient (Wildman–Crippen LogP) is 2.11. The first-order valence-corrected chi connectivity index (χ1v) is 6.86. The third-order valence-corrected chi connectivity index (χ3v) is 3.45. The van der Waals surface area contributed by atoms with E-state index in [4.69, 9.17) is 5.11 Å². The SMILES string of the molecule is CC(C)CNC(=O)N1CCc2c(cccc2C(=O)O)C1. The van der Waals surface area contributed by atoms with Gasteiger partial charge in [-0.1, -0.05) is 26.0 Å². The molecule has 0 aliphatic carbocycles. The van der Waals surface area contributed by atoms with E-state index in [0.717, 1.165) is 11.1 Å². The van der Waals surface area contributed by atoms with Crippen molar-refractivity contribution in [2.24, 2.45) is 5.92 Å². The zero-order chi connectivity index (χ0) is 14.7. The molecule has 1 aromatic rings. The highest BCUT2D eigenvalue weighted by atomic mass is 16.4. The van der Waals surface area contributed by atoms with Gasteiger partial charge < -0.3 is 15.3 Å². The first-order valence-electron chi connectivity index (χ1n) is 6.86. The third kappa shape index (κ3) is 3.10. The third-order valence-electron chi connectivity index (χ3n) is 3.45. The lowest BCUT2D eigenvalue weighted by atomic mass is 9.94. The highest BCUT2D eigenvalue weighted by Crippen LogP contribution is 2.22. The van der Waals surface area contributed by atoms with E-state index in [1.54, 1.807) is 17.0 Å². The second-order valence-electron chi connectivity index (χ2n) is 5.50. The quantitative estimate of drug-likeness (QED) is 0.888. The van der Waals surface area contributed by atoms with Gasteiger partial charge in [0.05, 0.1) is 5.56 Å². The first-order chi connectivity index (χ1) is 9.49. The molecule has 0 fully saturated rings. The van der Waals surface area contributed by atoms with E-state index >= 15 is 0 Å². The van der Waals surface area contributed by atoms with Crippen LogP contribution in [-0.4, -0.2) is 35.1 Å². The number of nitrogens with zero attached hydrogens (tertiary/aromatic N) is 1. The number of carbonyl (C=O) groups is 2. The second kappa shape index (κ2) is 5.94. The summed E-state index contributed by atoms with van der Waals surface area (Å²) in [5.74, 6) is -0.491. The smallest absolute Gasteiger partial charge is 0.335 e. The summed E-state index contributed by atoms with van der Waals surface area (Å²) in [5, 5.41) is 12.1. The number of carboxylic acid groups (broad SMARTS) is 1.